The zero-order valence-electron chi connectivity index (χ0n) is 18.2. The molecule has 2 aliphatic rings. The van der Waals surface area contributed by atoms with Gasteiger partial charge >= 0.3 is 0 Å². The summed E-state index contributed by atoms with van der Waals surface area (Å²) in [6.45, 7) is 5.33. The third kappa shape index (κ3) is 5.95. The van der Waals surface area contributed by atoms with E-state index < -0.39 is 0 Å². The van der Waals surface area contributed by atoms with E-state index >= 15 is 0 Å². The number of hydrogen-bond acceptors (Lipinski definition) is 5. The van der Waals surface area contributed by atoms with Crippen LogP contribution in [0.5, 0.6) is 5.75 Å². The molecule has 30 heavy (non-hydrogen) atoms. The van der Waals surface area contributed by atoms with Crippen molar-refractivity contribution < 1.29 is 23.8 Å². The number of hydrogen-bond donors (Lipinski definition) is 0. The Morgan fingerprint density at radius 1 is 1.13 bits per heavy atom. The molecule has 0 spiro atoms. The molecule has 2 aliphatic heterocycles. The number of methoxy groups -OCH3 is 1. The first-order chi connectivity index (χ1) is 14.6. The fourth-order valence-corrected chi connectivity index (χ4v) is 4.43. The molecule has 1 unspecified atom stereocenters. The monoisotopic (exact) mass is 418 g/mol. The van der Waals surface area contributed by atoms with E-state index in [0.717, 1.165) is 43.5 Å². The van der Waals surface area contributed by atoms with Gasteiger partial charge in [0.25, 0.3) is 0 Å². The lowest BCUT2D eigenvalue weighted by Gasteiger charge is -2.44. The van der Waals surface area contributed by atoms with Gasteiger partial charge < -0.3 is 24.0 Å². The van der Waals surface area contributed by atoms with E-state index in [1.165, 1.54) is 0 Å². The first-order valence-electron chi connectivity index (χ1n) is 11.0. The van der Waals surface area contributed by atoms with Crippen molar-refractivity contribution >= 4 is 11.8 Å². The molecular weight excluding hydrogens is 384 g/mol. The Morgan fingerprint density at radius 3 is 2.53 bits per heavy atom. The van der Waals surface area contributed by atoms with Crippen LogP contribution in [-0.2, 0) is 25.5 Å². The topological polar surface area (TPSA) is 68.3 Å². The van der Waals surface area contributed by atoms with Crippen LogP contribution in [-0.4, -0.2) is 80.3 Å². The van der Waals surface area contributed by atoms with Crippen LogP contribution >= 0.6 is 0 Å². The van der Waals surface area contributed by atoms with Gasteiger partial charge in [0.2, 0.25) is 11.8 Å². The second-order valence-electron chi connectivity index (χ2n) is 7.97. The van der Waals surface area contributed by atoms with Crippen LogP contribution in [0.3, 0.4) is 0 Å². The molecule has 0 N–H and O–H groups in total. The molecule has 2 saturated heterocycles. The van der Waals surface area contributed by atoms with Gasteiger partial charge in [0, 0.05) is 45.5 Å². The fraction of sp³-hybridized carbons (Fsp3) is 0.652. The number of rotatable bonds is 8. The zero-order valence-corrected chi connectivity index (χ0v) is 18.2. The van der Waals surface area contributed by atoms with Crippen LogP contribution in [0, 0.1) is 0 Å². The first kappa shape index (κ1) is 22.6. The maximum absolute atomic E-state index is 13.0. The summed E-state index contributed by atoms with van der Waals surface area (Å²) in [4.78, 5) is 29.7. The number of ether oxygens (including phenoxy) is 3. The number of nitrogens with zero attached hydrogens (tertiary/aromatic N) is 2. The predicted molar refractivity (Wildman–Crippen MR) is 113 cm³/mol. The molecule has 1 atom stereocenters. The van der Waals surface area contributed by atoms with Crippen molar-refractivity contribution in [3.8, 4) is 5.75 Å². The summed E-state index contributed by atoms with van der Waals surface area (Å²) in [6, 6.07) is 7.89. The first-order valence-corrected chi connectivity index (χ1v) is 11.0. The van der Waals surface area contributed by atoms with E-state index in [4.69, 9.17) is 14.2 Å². The van der Waals surface area contributed by atoms with E-state index in [1.54, 1.807) is 7.11 Å². The number of carbonyl (C=O) groups is 2. The van der Waals surface area contributed by atoms with Crippen LogP contribution in [0.2, 0.25) is 0 Å². The van der Waals surface area contributed by atoms with Gasteiger partial charge in [-0.05, 0) is 50.3 Å². The zero-order chi connectivity index (χ0) is 21.3. The van der Waals surface area contributed by atoms with E-state index in [-0.39, 0.29) is 30.5 Å². The molecule has 0 radical (unpaired) electrons. The average Bonchev–Trinajstić information content (AvgIpc) is 2.77. The van der Waals surface area contributed by atoms with Gasteiger partial charge in [-0.3, -0.25) is 9.59 Å². The standard InChI is InChI=1S/C23H34N2O5/c1-3-30-21-8-6-18(7-9-21)15-22(26)24-12-4-5-20(16-24)25(23(27)17-28-2)19-10-13-29-14-11-19/h6-9,19-20H,3-5,10-17H2,1-2H3. The Bertz CT molecular complexity index is 687. The van der Waals surface area contributed by atoms with Gasteiger partial charge in [0.05, 0.1) is 13.0 Å². The smallest absolute Gasteiger partial charge is 0.249 e. The summed E-state index contributed by atoms with van der Waals surface area (Å²) in [5.74, 6) is 0.931. The minimum Gasteiger partial charge on any atom is -0.494 e. The molecule has 7 nitrogen and oxygen atoms in total. The normalized spacial score (nSPS) is 20.1. The second kappa shape index (κ2) is 11.3. The molecule has 1 aromatic rings. The highest BCUT2D eigenvalue weighted by atomic mass is 16.5. The minimum atomic E-state index is 0.00946. The largest absolute Gasteiger partial charge is 0.494 e. The Labute approximate surface area is 179 Å². The molecule has 0 aromatic heterocycles. The average molecular weight is 419 g/mol. The lowest BCUT2D eigenvalue weighted by Crippen LogP contribution is -2.57. The van der Waals surface area contributed by atoms with E-state index in [0.29, 0.717) is 32.8 Å². The third-order valence-electron chi connectivity index (χ3n) is 5.87. The van der Waals surface area contributed by atoms with Gasteiger partial charge in [-0.15, -0.1) is 0 Å². The molecular formula is C23H34N2O5. The number of carbonyl (C=O) groups excluding carboxylic acids is 2. The van der Waals surface area contributed by atoms with Gasteiger partial charge in [-0.2, -0.15) is 0 Å². The van der Waals surface area contributed by atoms with Crippen molar-refractivity contribution in [2.75, 3.05) is 46.6 Å². The second-order valence-corrected chi connectivity index (χ2v) is 7.97. The molecule has 7 heteroatoms. The highest BCUT2D eigenvalue weighted by molar-refractivity contribution is 5.80. The molecule has 2 heterocycles. The van der Waals surface area contributed by atoms with E-state index in [9.17, 15) is 9.59 Å². The molecule has 3 rings (SSSR count). The Morgan fingerprint density at radius 2 is 1.87 bits per heavy atom. The third-order valence-corrected chi connectivity index (χ3v) is 5.87. The lowest BCUT2D eigenvalue weighted by atomic mass is 9.98. The quantitative estimate of drug-likeness (QED) is 0.648. The Balaban J connectivity index is 1.64. The van der Waals surface area contributed by atoms with Crippen molar-refractivity contribution in [1.82, 2.24) is 9.80 Å². The Hall–Kier alpha value is -2.12. The maximum atomic E-state index is 13.0. The summed E-state index contributed by atoms with van der Waals surface area (Å²) in [5.41, 5.74) is 0.974. The van der Waals surface area contributed by atoms with Gasteiger partial charge in [-0.25, -0.2) is 0 Å². The highest BCUT2D eigenvalue weighted by Crippen LogP contribution is 2.24. The summed E-state index contributed by atoms with van der Waals surface area (Å²) in [6.07, 6.45) is 3.86. The number of likely N-dealkylation sites (tertiary alicyclic amines) is 1. The SMILES string of the molecule is CCOc1ccc(CC(=O)N2CCCC(N(C(=O)COC)C3CCOCC3)C2)cc1. The molecule has 1 aromatic carbocycles. The van der Waals surface area contributed by atoms with Crippen molar-refractivity contribution in [1.29, 1.82) is 0 Å². The summed E-state index contributed by atoms with van der Waals surface area (Å²) in [7, 11) is 1.55. The maximum Gasteiger partial charge on any atom is 0.249 e. The van der Waals surface area contributed by atoms with Crippen LogP contribution in [0.25, 0.3) is 0 Å². The highest BCUT2D eigenvalue weighted by Gasteiger charge is 2.35. The van der Waals surface area contributed by atoms with E-state index in [1.807, 2.05) is 41.0 Å². The fourth-order valence-electron chi connectivity index (χ4n) is 4.43. The van der Waals surface area contributed by atoms with Crippen LogP contribution in [0.4, 0.5) is 0 Å². The van der Waals surface area contributed by atoms with Gasteiger partial charge in [0.1, 0.15) is 12.4 Å². The molecule has 0 aliphatic carbocycles. The van der Waals surface area contributed by atoms with Crippen LogP contribution in [0.1, 0.15) is 38.2 Å². The van der Waals surface area contributed by atoms with Crippen molar-refractivity contribution in [3.63, 3.8) is 0 Å². The van der Waals surface area contributed by atoms with Gasteiger partial charge in [0.15, 0.2) is 0 Å². The minimum absolute atomic E-state index is 0.00946. The van der Waals surface area contributed by atoms with Crippen molar-refractivity contribution in [2.45, 2.75) is 51.1 Å². The predicted octanol–water partition coefficient (Wildman–Crippen LogP) is 2.27. The molecule has 0 saturated carbocycles. The summed E-state index contributed by atoms with van der Waals surface area (Å²) < 4.78 is 16.1. The number of piperidine rings is 1. The summed E-state index contributed by atoms with van der Waals surface area (Å²) >= 11 is 0. The van der Waals surface area contributed by atoms with Crippen LogP contribution in [0.15, 0.2) is 24.3 Å². The lowest BCUT2D eigenvalue weighted by molar-refractivity contribution is -0.147. The summed E-state index contributed by atoms with van der Waals surface area (Å²) in [5, 5.41) is 0. The van der Waals surface area contributed by atoms with E-state index in [2.05, 4.69) is 0 Å². The molecule has 0 bridgehead atoms. The number of amides is 2. The molecule has 166 valence electrons. The molecule has 2 amide bonds. The number of benzene rings is 1. The van der Waals surface area contributed by atoms with Crippen molar-refractivity contribution in [3.05, 3.63) is 29.8 Å². The van der Waals surface area contributed by atoms with Gasteiger partial charge in [-0.1, -0.05) is 12.1 Å². The van der Waals surface area contributed by atoms with Crippen LogP contribution < -0.4 is 4.74 Å². The molecule has 2 fully saturated rings. The van der Waals surface area contributed by atoms with Crippen molar-refractivity contribution in [2.24, 2.45) is 0 Å². The Kier molecular flexibility index (Phi) is 8.51.